The van der Waals surface area contributed by atoms with Crippen LogP contribution in [0.2, 0.25) is 0 Å². The van der Waals surface area contributed by atoms with Crippen LogP contribution in [0.25, 0.3) is 10.6 Å². The van der Waals surface area contributed by atoms with Gasteiger partial charge in [-0.1, -0.05) is 18.2 Å². The molecule has 0 saturated heterocycles. The number of benzene rings is 1. The fraction of sp³-hybridized carbons (Fsp3) is 0.125. The number of aromatic amines is 1. The molecular weight excluding hydrogens is 296 g/mol. The quantitative estimate of drug-likeness (QED) is 0.692. The zero-order valence-corrected chi connectivity index (χ0v) is 12.9. The number of aromatic nitrogens is 2. The third-order valence-electron chi connectivity index (χ3n) is 3.43. The molecule has 0 aliphatic rings. The Hall–Kier alpha value is -2.44. The van der Waals surface area contributed by atoms with Crippen LogP contribution in [0.3, 0.4) is 0 Å². The van der Waals surface area contributed by atoms with Gasteiger partial charge in [-0.2, -0.15) is 5.10 Å². The molecule has 1 amide bonds. The van der Waals surface area contributed by atoms with Gasteiger partial charge in [-0.05, 0) is 36.1 Å². The third kappa shape index (κ3) is 2.79. The highest BCUT2D eigenvalue weighted by molar-refractivity contribution is 7.13. The summed E-state index contributed by atoms with van der Waals surface area (Å²) in [6.45, 7) is 2.34. The summed E-state index contributed by atoms with van der Waals surface area (Å²) in [7, 11) is 0. The summed E-state index contributed by atoms with van der Waals surface area (Å²) in [5.74, 6) is 0.356. The predicted octanol–water partition coefficient (Wildman–Crippen LogP) is 3.16. The van der Waals surface area contributed by atoms with Crippen LogP contribution in [-0.2, 0) is 6.54 Å². The van der Waals surface area contributed by atoms with Gasteiger partial charge in [-0.15, -0.1) is 11.3 Å². The van der Waals surface area contributed by atoms with Gasteiger partial charge < -0.3 is 11.1 Å². The molecule has 0 saturated carbocycles. The molecule has 0 unspecified atom stereocenters. The van der Waals surface area contributed by atoms with Crippen LogP contribution in [0.4, 0.5) is 5.82 Å². The molecule has 0 bridgehead atoms. The molecule has 0 aliphatic heterocycles. The van der Waals surface area contributed by atoms with Crippen molar-refractivity contribution in [1.29, 1.82) is 0 Å². The molecule has 0 fully saturated rings. The summed E-state index contributed by atoms with van der Waals surface area (Å²) >= 11 is 1.63. The van der Waals surface area contributed by atoms with Crippen molar-refractivity contribution >= 4 is 23.1 Å². The number of H-pyrrole nitrogens is 1. The average molecular weight is 312 g/mol. The van der Waals surface area contributed by atoms with E-state index in [0.29, 0.717) is 17.9 Å². The van der Waals surface area contributed by atoms with Gasteiger partial charge in [-0.25, -0.2) is 0 Å². The Morgan fingerprint density at radius 2 is 2.23 bits per heavy atom. The molecule has 22 heavy (non-hydrogen) atoms. The number of hydrogen-bond donors (Lipinski definition) is 3. The largest absolute Gasteiger partial charge is 0.326 e. The fourth-order valence-electron chi connectivity index (χ4n) is 2.20. The molecule has 3 aromatic rings. The van der Waals surface area contributed by atoms with Crippen molar-refractivity contribution in [1.82, 2.24) is 10.2 Å². The molecule has 2 aromatic heterocycles. The summed E-state index contributed by atoms with van der Waals surface area (Å²) in [4.78, 5) is 13.4. The molecule has 112 valence electrons. The van der Waals surface area contributed by atoms with Gasteiger partial charge in [-0.3, -0.25) is 9.89 Å². The molecule has 3 rings (SSSR count). The van der Waals surface area contributed by atoms with E-state index in [2.05, 4.69) is 15.5 Å². The average Bonchev–Trinajstić information content (AvgIpc) is 3.18. The molecule has 4 N–H and O–H groups in total. The summed E-state index contributed by atoms with van der Waals surface area (Å²) in [5, 5.41) is 12.0. The van der Waals surface area contributed by atoms with Crippen molar-refractivity contribution in [3.8, 4) is 10.6 Å². The van der Waals surface area contributed by atoms with E-state index < -0.39 is 0 Å². The second-order valence-electron chi connectivity index (χ2n) is 4.91. The van der Waals surface area contributed by atoms with Crippen LogP contribution in [0.5, 0.6) is 0 Å². The van der Waals surface area contributed by atoms with E-state index in [1.165, 1.54) is 0 Å². The van der Waals surface area contributed by atoms with Crippen LogP contribution in [0.15, 0.2) is 41.8 Å². The first-order valence-electron chi connectivity index (χ1n) is 6.88. The van der Waals surface area contributed by atoms with E-state index in [9.17, 15) is 4.79 Å². The van der Waals surface area contributed by atoms with Gasteiger partial charge in [0.25, 0.3) is 5.91 Å². The zero-order valence-electron chi connectivity index (χ0n) is 12.1. The lowest BCUT2D eigenvalue weighted by atomic mass is 10.1. The van der Waals surface area contributed by atoms with Gasteiger partial charge in [0.05, 0.1) is 10.6 Å². The summed E-state index contributed by atoms with van der Waals surface area (Å²) in [6, 6.07) is 11.3. The number of rotatable bonds is 4. The predicted molar refractivity (Wildman–Crippen MR) is 88.9 cm³/mol. The molecule has 6 heteroatoms. The Kier molecular flexibility index (Phi) is 4.04. The number of nitrogens with zero attached hydrogens (tertiary/aromatic N) is 1. The van der Waals surface area contributed by atoms with Crippen LogP contribution < -0.4 is 11.1 Å². The Morgan fingerprint density at radius 1 is 1.36 bits per heavy atom. The Balaban J connectivity index is 1.83. The molecule has 0 aliphatic carbocycles. The standard InChI is InChI=1S/C16H16N4OS/c1-10-14(13-6-3-7-22-13)19-20-15(10)18-16(21)12-5-2-4-11(8-12)9-17/h2-8H,9,17H2,1H3,(H2,18,19,20,21). The highest BCUT2D eigenvalue weighted by Crippen LogP contribution is 2.29. The lowest BCUT2D eigenvalue weighted by Crippen LogP contribution is -2.13. The number of nitrogens with one attached hydrogen (secondary N) is 2. The SMILES string of the molecule is Cc1c(NC(=O)c2cccc(CN)c2)n[nH]c1-c1cccs1. The van der Waals surface area contributed by atoms with Crippen molar-refractivity contribution in [2.24, 2.45) is 5.73 Å². The first kappa shape index (κ1) is 14.5. The summed E-state index contributed by atoms with van der Waals surface area (Å²) in [5.41, 5.74) is 8.95. The van der Waals surface area contributed by atoms with E-state index in [1.807, 2.05) is 36.6 Å². The summed E-state index contributed by atoms with van der Waals surface area (Å²) in [6.07, 6.45) is 0. The maximum absolute atomic E-state index is 12.3. The monoisotopic (exact) mass is 312 g/mol. The molecule has 1 aromatic carbocycles. The molecule has 5 nitrogen and oxygen atoms in total. The van der Waals surface area contributed by atoms with E-state index >= 15 is 0 Å². The first-order valence-corrected chi connectivity index (χ1v) is 7.76. The number of thiophene rings is 1. The van der Waals surface area contributed by atoms with Crippen molar-refractivity contribution in [2.75, 3.05) is 5.32 Å². The minimum absolute atomic E-state index is 0.192. The van der Waals surface area contributed by atoms with E-state index in [-0.39, 0.29) is 5.91 Å². The van der Waals surface area contributed by atoms with Crippen LogP contribution in [0.1, 0.15) is 21.5 Å². The number of hydrogen-bond acceptors (Lipinski definition) is 4. The molecular formula is C16H16N4OS. The molecule has 0 atom stereocenters. The van der Waals surface area contributed by atoms with E-state index in [4.69, 9.17) is 5.73 Å². The zero-order chi connectivity index (χ0) is 15.5. The van der Waals surface area contributed by atoms with Gasteiger partial charge >= 0.3 is 0 Å². The van der Waals surface area contributed by atoms with Crippen molar-refractivity contribution in [3.05, 3.63) is 58.5 Å². The van der Waals surface area contributed by atoms with Gasteiger partial charge in [0.15, 0.2) is 5.82 Å². The third-order valence-corrected chi connectivity index (χ3v) is 4.32. The van der Waals surface area contributed by atoms with E-state index in [1.54, 1.807) is 23.5 Å². The lowest BCUT2D eigenvalue weighted by Gasteiger charge is -2.05. The van der Waals surface area contributed by atoms with Gasteiger partial charge in [0, 0.05) is 17.7 Å². The topological polar surface area (TPSA) is 83.8 Å². The van der Waals surface area contributed by atoms with Crippen molar-refractivity contribution in [2.45, 2.75) is 13.5 Å². The molecule has 0 spiro atoms. The number of carbonyl (C=O) groups excluding carboxylic acids is 1. The van der Waals surface area contributed by atoms with Crippen molar-refractivity contribution in [3.63, 3.8) is 0 Å². The number of anilines is 1. The minimum Gasteiger partial charge on any atom is -0.326 e. The second-order valence-corrected chi connectivity index (χ2v) is 5.86. The maximum atomic E-state index is 12.3. The minimum atomic E-state index is -0.192. The number of amides is 1. The van der Waals surface area contributed by atoms with Crippen LogP contribution in [0, 0.1) is 6.92 Å². The Labute approximate surface area is 132 Å². The normalized spacial score (nSPS) is 10.6. The maximum Gasteiger partial charge on any atom is 0.256 e. The second kappa shape index (κ2) is 6.13. The van der Waals surface area contributed by atoms with Crippen molar-refractivity contribution < 1.29 is 4.79 Å². The molecule has 2 heterocycles. The fourth-order valence-corrected chi connectivity index (χ4v) is 2.98. The highest BCUT2D eigenvalue weighted by Gasteiger charge is 2.14. The van der Waals surface area contributed by atoms with Crippen LogP contribution >= 0.6 is 11.3 Å². The van der Waals surface area contributed by atoms with Gasteiger partial charge in [0.1, 0.15) is 0 Å². The Bertz CT molecular complexity index is 792. The Morgan fingerprint density at radius 3 is 2.95 bits per heavy atom. The highest BCUT2D eigenvalue weighted by atomic mass is 32.1. The number of carbonyl (C=O) groups is 1. The lowest BCUT2D eigenvalue weighted by molar-refractivity contribution is 0.102. The smallest absolute Gasteiger partial charge is 0.256 e. The van der Waals surface area contributed by atoms with Gasteiger partial charge in [0.2, 0.25) is 0 Å². The number of nitrogens with two attached hydrogens (primary N) is 1. The first-order chi connectivity index (χ1) is 10.7. The summed E-state index contributed by atoms with van der Waals surface area (Å²) < 4.78 is 0. The van der Waals surface area contributed by atoms with E-state index in [0.717, 1.165) is 21.7 Å². The van der Waals surface area contributed by atoms with Crippen LogP contribution in [-0.4, -0.2) is 16.1 Å². The molecule has 0 radical (unpaired) electrons.